The van der Waals surface area contributed by atoms with Crippen molar-refractivity contribution in [1.29, 1.82) is 0 Å². The number of guanidine groups is 1. The van der Waals surface area contributed by atoms with E-state index in [-0.39, 0.29) is 6.54 Å². The monoisotopic (exact) mass is 325 g/mol. The number of benzene rings is 1. The van der Waals surface area contributed by atoms with Crippen LogP contribution in [0.2, 0.25) is 0 Å². The fourth-order valence-electron chi connectivity index (χ4n) is 1.93. The van der Waals surface area contributed by atoms with E-state index in [1.54, 1.807) is 6.20 Å². The summed E-state index contributed by atoms with van der Waals surface area (Å²) in [5, 5.41) is 5.53. The minimum Gasteiger partial charge on any atom is -0.356 e. The summed E-state index contributed by atoms with van der Waals surface area (Å²) in [6.07, 6.45) is -3.38. The molecule has 2 rings (SSSR count). The Bertz CT molecular complexity index is 634. The van der Waals surface area contributed by atoms with Crippen molar-refractivity contribution >= 4 is 5.96 Å². The van der Waals surface area contributed by atoms with E-state index in [9.17, 15) is 13.2 Å². The van der Waals surface area contributed by atoms with Crippen LogP contribution in [0.15, 0.2) is 41.5 Å². The lowest BCUT2D eigenvalue weighted by Crippen LogP contribution is -2.38. The zero-order valence-electron chi connectivity index (χ0n) is 12.6. The van der Waals surface area contributed by atoms with Gasteiger partial charge in [0.25, 0.3) is 0 Å². The molecule has 1 aromatic heterocycles. The molecule has 124 valence electrons. The fraction of sp³-hybridized carbons (Fsp3) is 0.333. The molecule has 2 aromatic rings. The van der Waals surface area contributed by atoms with Gasteiger partial charge in [0, 0.05) is 13.6 Å². The molecular formula is C15H18F3N5. The normalized spacial score (nSPS) is 12.3. The SMILES string of the molecule is CN=C(NCCC(F)(F)F)NCc1ncc(-c2ccccc2)[nH]1. The molecule has 0 atom stereocenters. The Balaban J connectivity index is 1.84. The van der Waals surface area contributed by atoms with Gasteiger partial charge in [-0.3, -0.25) is 4.99 Å². The number of aromatic amines is 1. The topological polar surface area (TPSA) is 65.1 Å². The Morgan fingerprint density at radius 2 is 1.96 bits per heavy atom. The standard InChI is InChI=1S/C15H18F3N5/c1-19-14(20-8-7-15(16,17)18)22-10-13-21-9-12(23-13)11-5-3-2-4-6-11/h2-6,9H,7-8,10H2,1H3,(H,21,23)(H2,19,20,22). The number of nitrogens with zero attached hydrogens (tertiary/aromatic N) is 2. The summed E-state index contributed by atoms with van der Waals surface area (Å²) in [6.45, 7) is 0.106. The van der Waals surface area contributed by atoms with E-state index >= 15 is 0 Å². The highest BCUT2D eigenvalue weighted by Gasteiger charge is 2.26. The van der Waals surface area contributed by atoms with Crippen molar-refractivity contribution in [3.63, 3.8) is 0 Å². The van der Waals surface area contributed by atoms with Crippen molar-refractivity contribution in [1.82, 2.24) is 20.6 Å². The molecule has 0 saturated heterocycles. The Kier molecular flexibility index (Phi) is 5.61. The third kappa shape index (κ3) is 5.65. The van der Waals surface area contributed by atoms with Crippen LogP contribution in [-0.4, -0.2) is 35.7 Å². The molecule has 5 nitrogen and oxygen atoms in total. The first-order valence-electron chi connectivity index (χ1n) is 7.08. The van der Waals surface area contributed by atoms with Gasteiger partial charge in [-0.05, 0) is 5.56 Å². The van der Waals surface area contributed by atoms with Crippen LogP contribution in [-0.2, 0) is 6.54 Å². The van der Waals surface area contributed by atoms with Crippen LogP contribution in [0.4, 0.5) is 13.2 Å². The Labute approximate surface area is 132 Å². The molecule has 0 aliphatic heterocycles. The summed E-state index contributed by atoms with van der Waals surface area (Å²) in [7, 11) is 1.50. The largest absolute Gasteiger partial charge is 0.390 e. The van der Waals surface area contributed by atoms with Crippen LogP contribution in [0.1, 0.15) is 12.2 Å². The molecule has 0 unspecified atom stereocenters. The van der Waals surface area contributed by atoms with Gasteiger partial charge in [-0.2, -0.15) is 13.2 Å². The lowest BCUT2D eigenvalue weighted by atomic mass is 10.2. The van der Waals surface area contributed by atoms with Gasteiger partial charge in [0.15, 0.2) is 5.96 Å². The lowest BCUT2D eigenvalue weighted by molar-refractivity contribution is -0.132. The van der Waals surface area contributed by atoms with Gasteiger partial charge in [-0.15, -0.1) is 0 Å². The van der Waals surface area contributed by atoms with E-state index in [0.717, 1.165) is 11.3 Å². The smallest absolute Gasteiger partial charge is 0.356 e. The maximum atomic E-state index is 12.1. The van der Waals surface area contributed by atoms with E-state index in [4.69, 9.17) is 0 Å². The van der Waals surface area contributed by atoms with Crippen molar-refractivity contribution in [3.8, 4) is 11.3 Å². The first-order chi connectivity index (χ1) is 11.0. The van der Waals surface area contributed by atoms with Gasteiger partial charge in [-0.1, -0.05) is 30.3 Å². The van der Waals surface area contributed by atoms with Crippen LogP contribution in [0.3, 0.4) is 0 Å². The predicted octanol–water partition coefficient (Wildman–Crippen LogP) is 2.69. The van der Waals surface area contributed by atoms with Gasteiger partial charge in [0.2, 0.25) is 0 Å². The molecule has 0 amide bonds. The van der Waals surface area contributed by atoms with E-state index < -0.39 is 12.6 Å². The molecule has 0 saturated carbocycles. The molecule has 0 fully saturated rings. The minimum atomic E-state index is -4.18. The third-order valence-corrected chi connectivity index (χ3v) is 3.06. The van der Waals surface area contributed by atoms with E-state index in [1.165, 1.54) is 7.05 Å². The first-order valence-corrected chi connectivity index (χ1v) is 7.08. The number of hydrogen-bond donors (Lipinski definition) is 3. The summed E-state index contributed by atoms with van der Waals surface area (Å²) < 4.78 is 36.3. The second kappa shape index (κ2) is 7.66. The molecule has 0 aliphatic rings. The zero-order chi connectivity index (χ0) is 16.7. The van der Waals surface area contributed by atoms with Crippen LogP contribution < -0.4 is 10.6 Å². The molecule has 1 aromatic carbocycles. The number of nitrogens with one attached hydrogen (secondary N) is 3. The summed E-state index contributed by atoms with van der Waals surface area (Å²) in [4.78, 5) is 11.3. The van der Waals surface area contributed by atoms with Gasteiger partial charge in [0.05, 0.1) is 24.9 Å². The molecule has 0 aliphatic carbocycles. The zero-order valence-corrected chi connectivity index (χ0v) is 12.6. The molecule has 0 bridgehead atoms. The minimum absolute atomic E-state index is 0.226. The average molecular weight is 325 g/mol. The number of halogens is 3. The highest BCUT2D eigenvalue weighted by atomic mass is 19.4. The highest BCUT2D eigenvalue weighted by Crippen LogP contribution is 2.18. The van der Waals surface area contributed by atoms with Crippen molar-refractivity contribution in [3.05, 3.63) is 42.4 Å². The van der Waals surface area contributed by atoms with Crippen molar-refractivity contribution in [2.24, 2.45) is 4.99 Å². The van der Waals surface area contributed by atoms with Crippen LogP contribution in [0.25, 0.3) is 11.3 Å². The summed E-state index contributed by atoms with van der Waals surface area (Å²) in [5.74, 6) is 0.967. The molecule has 23 heavy (non-hydrogen) atoms. The number of H-pyrrole nitrogens is 1. The maximum Gasteiger partial charge on any atom is 0.390 e. The van der Waals surface area contributed by atoms with Crippen molar-refractivity contribution < 1.29 is 13.2 Å². The molecule has 1 heterocycles. The Morgan fingerprint density at radius 1 is 1.22 bits per heavy atom. The number of aliphatic imine (C=N–C) groups is 1. The van der Waals surface area contributed by atoms with E-state index in [1.807, 2.05) is 30.3 Å². The summed E-state index contributed by atoms with van der Waals surface area (Å²) in [5.41, 5.74) is 1.89. The highest BCUT2D eigenvalue weighted by molar-refractivity contribution is 5.79. The average Bonchev–Trinajstić information content (AvgIpc) is 2.99. The van der Waals surface area contributed by atoms with Crippen LogP contribution in [0.5, 0.6) is 0 Å². The predicted molar refractivity (Wildman–Crippen MR) is 82.9 cm³/mol. The Hall–Kier alpha value is -2.51. The number of hydrogen-bond acceptors (Lipinski definition) is 2. The van der Waals surface area contributed by atoms with Gasteiger partial charge in [0.1, 0.15) is 5.82 Å². The van der Waals surface area contributed by atoms with Crippen LogP contribution in [0, 0.1) is 0 Å². The molecule has 0 radical (unpaired) electrons. The quantitative estimate of drug-likeness (QED) is 0.585. The maximum absolute atomic E-state index is 12.1. The number of alkyl halides is 3. The second-order valence-corrected chi connectivity index (χ2v) is 4.83. The summed E-state index contributed by atoms with van der Waals surface area (Å²) in [6, 6.07) is 9.71. The molecule has 8 heteroatoms. The number of imidazole rings is 1. The van der Waals surface area contributed by atoms with Crippen molar-refractivity contribution in [2.45, 2.75) is 19.1 Å². The molecular weight excluding hydrogens is 307 g/mol. The summed E-state index contributed by atoms with van der Waals surface area (Å²) >= 11 is 0. The van der Waals surface area contributed by atoms with E-state index in [2.05, 4.69) is 25.6 Å². The molecule has 0 spiro atoms. The fourth-order valence-corrected chi connectivity index (χ4v) is 1.93. The molecule has 3 N–H and O–H groups in total. The Morgan fingerprint density at radius 3 is 2.61 bits per heavy atom. The van der Waals surface area contributed by atoms with Gasteiger partial charge in [-0.25, -0.2) is 4.98 Å². The second-order valence-electron chi connectivity index (χ2n) is 4.83. The third-order valence-electron chi connectivity index (χ3n) is 3.06. The number of rotatable bonds is 5. The van der Waals surface area contributed by atoms with Crippen LogP contribution >= 0.6 is 0 Å². The first kappa shape index (κ1) is 16.9. The van der Waals surface area contributed by atoms with E-state index in [0.29, 0.717) is 18.3 Å². The van der Waals surface area contributed by atoms with Gasteiger partial charge >= 0.3 is 6.18 Å². The number of aromatic nitrogens is 2. The van der Waals surface area contributed by atoms with Crippen molar-refractivity contribution in [2.75, 3.05) is 13.6 Å². The van der Waals surface area contributed by atoms with Gasteiger partial charge < -0.3 is 15.6 Å². The lowest BCUT2D eigenvalue weighted by Gasteiger charge is -2.12.